The highest BCUT2D eigenvalue weighted by atomic mass is 32.2. The van der Waals surface area contributed by atoms with Crippen LogP contribution in [0, 0.1) is 13.8 Å². The van der Waals surface area contributed by atoms with E-state index in [0.29, 0.717) is 31.6 Å². The summed E-state index contributed by atoms with van der Waals surface area (Å²) in [5.74, 6) is -0.349. The molecule has 1 N–H and O–H groups in total. The lowest BCUT2D eigenvalue weighted by Crippen LogP contribution is -2.49. The second kappa shape index (κ2) is 12.6. The summed E-state index contributed by atoms with van der Waals surface area (Å²) >= 11 is 0. The topological polar surface area (TPSA) is 86.8 Å². The predicted molar refractivity (Wildman–Crippen MR) is 137 cm³/mol. The van der Waals surface area contributed by atoms with Crippen molar-refractivity contribution in [2.45, 2.75) is 59.5 Å². The lowest BCUT2D eigenvalue weighted by Gasteiger charge is -2.31. The first-order valence-corrected chi connectivity index (χ1v) is 13.6. The lowest BCUT2D eigenvalue weighted by molar-refractivity contribution is -0.141. The number of hydrogen-bond acceptors (Lipinski definition) is 4. The van der Waals surface area contributed by atoms with E-state index in [4.69, 9.17) is 0 Å². The number of aryl methyl sites for hydroxylation is 2. The molecular weight excluding hydrogens is 450 g/mol. The molecule has 2 aromatic carbocycles. The molecule has 0 spiro atoms. The van der Waals surface area contributed by atoms with Crippen LogP contribution in [-0.4, -0.2) is 50.5 Å². The summed E-state index contributed by atoms with van der Waals surface area (Å²) in [6.45, 7) is 8.64. The maximum Gasteiger partial charge on any atom is 0.242 e. The van der Waals surface area contributed by atoms with Crippen LogP contribution in [-0.2, 0) is 26.2 Å². The van der Waals surface area contributed by atoms with Crippen molar-refractivity contribution < 1.29 is 18.0 Å². The molecule has 0 saturated carbocycles. The molecule has 0 unspecified atom stereocenters. The van der Waals surface area contributed by atoms with Crippen LogP contribution in [0.3, 0.4) is 0 Å². The predicted octanol–water partition coefficient (Wildman–Crippen LogP) is 3.79. The van der Waals surface area contributed by atoms with E-state index in [1.54, 1.807) is 11.0 Å². The van der Waals surface area contributed by atoms with Crippen LogP contribution in [0.1, 0.15) is 49.8 Å². The molecule has 0 aliphatic rings. The van der Waals surface area contributed by atoms with Crippen LogP contribution in [0.15, 0.2) is 48.5 Å². The van der Waals surface area contributed by atoms with E-state index in [1.807, 2.05) is 70.2 Å². The van der Waals surface area contributed by atoms with Crippen LogP contribution in [0.4, 0.5) is 5.69 Å². The van der Waals surface area contributed by atoms with Gasteiger partial charge in [0.25, 0.3) is 0 Å². The minimum atomic E-state index is -3.51. The Kier molecular flexibility index (Phi) is 10.1. The van der Waals surface area contributed by atoms with Crippen LogP contribution >= 0.6 is 0 Å². The maximum absolute atomic E-state index is 13.3. The molecule has 186 valence electrons. The molecule has 2 rings (SSSR count). The molecule has 7 nitrogen and oxygen atoms in total. The highest BCUT2D eigenvalue weighted by Gasteiger charge is 2.28. The van der Waals surface area contributed by atoms with Gasteiger partial charge in [0, 0.05) is 26.1 Å². The molecular formula is C26H37N3O4S. The number of nitrogens with zero attached hydrogens (tertiary/aromatic N) is 2. The van der Waals surface area contributed by atoms with Gasteiger partial charge in [-0.05, 0) is 62.4 Å². The standard InChI is InChI=1S/C26H37N3O4S/c1-6-24(26(31)27-7-2)28(19-22-12-9-8-10-13-22)25(30)14-11-17-29(34(5,32)33)23-16-15-20(3)21(4)18-23/h8-10,12-13,15-16,18,24H,6-7,11,14,17,19H2,1-5H3,(H,27,31)/t24-/m1/s1. The summed E-state index contributed by atoms with van der Waals surface area (Å²) in [5.41, 5.74) is 3.61. The fraction of sp³-hybridized carbons (Fsp3) is 0.462. The monoisotopic (exact) mass is 487 g/mol. The van der Waals surface area contributed by atoms with Gasteiger partial charge in [0.1, 0.15) is 6.04 Å². The summed E-state index contributed by atoms with van der Waals surface area (Å²) in [7, 11) is -3.51. The Bertz CT molecular complexity index is 1070. The van der Waals surface area contributed by atoms with Crippen molar-refractivity contribution in [3.63, 3.8) is 0 Å². The Balaban J connectivity index is 2.19. The second-order valence-corrected chi connectivity index (χ2v) is 10.4. The van der Waals surface area contributed by atoms with Crippen molar-refractivity contribution >= 4 is 27.5 Å². The highest BCUT2D eigenvalue weighted by Crippen LogP contribution is 2.22. The zero-order valence-corrected chi connectivity index (χ0v) is 21.7. The molecule has 0 aromatic heterocycles. The van der Waals surface area contributed by atoms with Crippen molar-refractivity contribution in [2.75, 3.05) is 23.7 Å². The van der Waals surface area contributed by atoms with E-state index in [-0.39, 0.29) is 24.8 Å². The van der Waals surface area contributed by atoms with Gasteiger partial charge in [-0.3, -0.25) is 13.9 Å². The molecule has 0 heterocycles. The average molecular weight is 488 g/mol. The fourth-order valence-corrected chi connectivity index (χ4v) is 4.83. The number of benzene rings is 2. The summed E-state index contributed by atoms with van der Waals surface area (Å²) < 4.78 is 26.3. The Morgan fingerprint density at radius 1 is 1.00 bits per heavy atom. The second-order valence-electron chi connectivity index (χ2n) is 8.53. The summed E-state index contributed by atoms with van der Waals surface area (Å²) in [6, 6.07) is 14.5. The summed E-state index contributed by atoms with van der Waals surface area (Å²) in [5, 5.41) is 2.82. The number of hydrogen-bond donors (Lipinski definition) is 1. The number of rotatable bonds is 12. The van der Waals surface area contributed by atoms with Crippen molar-refractivity contribution in [3.8, 4) is 0 Å². The number of nitrogens with one attached hydrogen (secondary N) is 1. The van der Waals surface area contributed by atoms with Crippen molar-refractivity contribution in [3.05, 3.63) is 65.2 Å². The smallest absolute Gasteiger partial charge is 0.242 e. The summed E-state index contributed by atoms with van der Waals surface area (Å²) in [4.78, 5) is 27.6. The van der Waals surface area contributed by atoms with Gasteiger partial charge < -0.3 is 10.2 Å². The van der Waals surface area contributed by atoms with Gasteiger partial charge in [0.15, 0.2) is 0 Å². The molecule has 0 fully saturated rings. The third-order valence-electron chi connectivity index (χ3n) is 5.86. The molecule has 0 aliphatic heterocycles. The maximum atomic E-state index is 13.3. The molecule has 0 saturated heterocycles. The molecule has 1 atom stereocenters. The number of carbonyl (C=O) groups is 2. The van der Waals surface area contributed by atoms with Gasteiger partial charge in [-0.2, -0.15) is 0 Å². The van der Waals surface area contributed by atoms with Gasteiger partial charge >= 0.3 is 0 Å². The zero-order chi connectivity index (χ0) is 25.3. The van der Waals surface area contributed by atoms with Gasteiger partial charge in [-0.25, -0.2) is 8.42 Å². The molecule has 0 bridgehead atoms. The van der Waals surface area contributed by atoms with E-state index in [9.17, 15) is 18.0 Å². The Hall–Kier alpha value is -2.87. The van der Waals surface area contributed by atoms with E-state index in [1.165, 1.54) is 10.6 Å². The van der Waals surface area contributed by atoms with Crippen LogP contribution in [0.25, 0.3) is 0 Å². The van der Waals surface area contributed by atoms with E-state index >= 15 is 0 Å². The highest BCUT2D eigenvalue weighted by molar-refractivity contribution is 7.92. The van der Waals surface area contributed by atoms with Crippen molar-refractivity contribution in [1.29, 1.82) is 0 Å². The molecule has 2 aromatic rings. The molecule has 8 heteroatoms. The quantitative estimate of drug-likeness (QED) is 0.493. The van der Waals surface area contributed by atoms with Crippen LogP contribution in [0.2, 0.25) is 0 Å². The Morgan fingerprint density at radius 3 is 2.24 bits per heavy atom. The van der Waals surface area contributed by atoms with Crippen LogP contribution < -0.4 is 9.62 Å². The Morgan fingerprint density at radius 2 is 1.68 bits per heavy atom. The number of sulfonamides is 1. The van der Waals surface area contributed by atoms with Gasteiger partial charge in [0.2, 0.25) is 21.8 Å². The van der Waals surface area contributed by atoms with Crippen LogP contribution in [0.5, 0.6) is 0 Å². The van der Waals surface area contributed by atoms with Gasteiger partial charge in [-0.1, -0.05) is 43.3 Å². The first-order valence-electron chi connectivity index (χ1n) is 11.7. The minimum Gasteiger partial charge on any atom is -0.355 e. The largest absolute Gasteiger partial charge is 0.355 e. The first-order chi connectivity index (χ1) is 16.1. The Labute approximate surface area is 204 Å². The number of carbonyl (C=O) groups excluding carboxylic acids is 2. The molecule has 0 aliphatic carbocycles. The average Bonchev–Trinajstić information content (AvgIpc) is 2.78. The zero-order valence-electron chi connectivity index (χ0n) is 20.9. The number of amides is 2. The molecule has 0 radical (unpaired) electrons. The third kappa shape index (κ3) is 7.58. The number of anilines is 1. The van der Waals surface area contributed by atoms with Crippen molar-refractivity contribution in [2.24, 2.45) is 0 Å². The van der Waals surface area contributed by atoms with Gasteiger partial charge in [-0.15, -0.1) is 0 Å². The summed E-state index contributed by atoms with van der Waals surface area (Å²) in [6.07, 6.45) is 2.14. The first kappa shape index (κ1) is 27.4. The SMILES string of the molecule is CCNC(=O)[C@@H](CC)N(Cc1ccccc1)C(=O)CCCN(c1ccc(C)c(C)c1)S(C)(=O)=O. The van der Waals surface area contributed by atoms with E-state index in [0.717, 1.165) is 16.7 Å². The molecule has 34 heavy (non-hydrogen) atoms. The minimum absolute atomic E-state index is 0.138. The van der Waals surface area contributed by atoms with Crippen molar-refractivity contribution in [1.82, 2.24) is 10.2 Å². The van der Waals surface area contributed by atoms with E-state index < -0.39 is 16.1 Å². The molecule has 2 amide bonds. The fourth-order valence-electron chi connectivity index (χ4n) is 3.88. The van der Waals surface area contributed by atoms with E-state index in [2.05, 4.69) is 5.32 Å². The lowest BCUT2D eigenvalue weighted by atomic mass is 10.1. The normalized spacial score (nSPS) is 12.1. The number of likely N-dealkylation sites (N-methyl/N-ethyl adjacent to an activating group) is 1. The van der Waals surface area contributed by atoms with Gasteiger partial charge in [0.05, 0.1) is 11.9 Å². The third-order valence-corrected chi connectivity index (χ3v) is 7.06.